The lowest BCUT2D eigenvalue weighted by atomic mass is 10.2. The number of unbranched alkanes of at least 4 members (excludes halogenated alkanes) is 1. The van der Waals surface area contributed by atoms with Crippen LogP contribution in [-0.4, -0.2) is 22.5 Å². The maximum Gasteiger partial charge on any atom is 0.239 e. The number of anilines is 1. The zero-order valence-electron chi connectivity index (χ0n) is 11.4. The van der Waals surface area contributed by atoms with Crippen molar-refractivity contribution in [2.24, 2.45) is 0 Å². The second-order valence-corrected chi connectivity index (χ2v) is 4.61. The van der Waals surface area contributed by atoms with Gasteiger partial charge in [0.2, 0.25) is 5.91 Å². The van der Waals surface area contributed by atoms with E-state index in [1.165, 1.54) is 0 Å². The summed E-state index contributed by atoms with van der Waals surface area (Å²) in [5.74, 6) is 0.901. The van der Waals surface area contributed by atoms with Gasteiger partial charge in [0.15, 0.2) is 0 Å². The molecule has 102 valence electrons. The topological polar surface area (TPSA) is 72.9 Å². The number of fused-ring (bicyclic) bond motifs is 1. The maximum absolute atomic E-state index is 11.6. The molecule has 1 heterocycles. The van der Waals surface area contributed by atoms with E-state index in [-0.39, 0.29) is 12.5 Å². The lowest BCUT2D eigenvalue weighted by Gasteiger charge is -2.07. The molecule has 0 radical (unpaired) electrons. The number of aryl methyl sites for hydroxylation is 1. The first-order chi connectivity index (χ1) is 9.17. The molecule has 1 aromatic carbocycles. The van der Waals surface area contributed by atoms with Crippen LogP contribution in [0.3, 0.4) is 0 Å². The molecule has 0 unspecified atom stereocenters. The van der Waals surface area contributed by atoms with E-state index in [9.17, 15) is 4.79 Å². The number of likely N-dealkylation sites (N-methyl/N-ethyl adjacent to an activating group) is 1. The number of rotatable bonds is 5. The van der Waals surface area contributed by atoms with Gasteiger partial charge in [0.25, 0.3) is 0 Å². The van der Waals surface area contributed by atoms with Gasteiger partial charge in [0.1, 0.15) is 17.9 Å². The minimum absolute atomic E-state index is 0.0283. The van der Waals surface area contributed by atoms with E-state index < -0.39 is 0 Å². The lowest BCUT2D eigenvalue weighted by molar-refractivity contribution is -0.121. The number of aromatic nitrogens is 2. The molecule has 19 heavy (non-hydrogen) atoms. The van der Waals surface area contributed by atoms with Crippen molar-refractivity contribution in [3.63, 3.8) is 0 Å². The Kier molecular flexibility index (Phi) is 4.04. The Morgan fingerprint density at radius 2 is 2.26 bits per heavy atom. The molecule has 0 aliphatic rings. The monoisotopic (exact) mass is 260 g/mol. The van der Waals surface area contributed by atoms with E-state index in [1.807, 2.05) is 22.8 Å². The summed E-state index contributed by atoms with van der Waals surface area (Å²) in [6.45, 7) is 2.43. The molecule has 0 fully saturated rings. The van der Waals surface area contributed by atoms with Crippen molar-refractivity contribution in [2.45, 2.75) is 32.7 Å². The normalized spacial score (nSPS) is 10.8. The smallest absolute Gasteiger partial charge is 0.239 e. The molecule has 0 saturated heterocycles. The van der Waals surface area contributed by atoms with Gasteiger partial charge in [-0.2, -0.15) is 0 Å². The van der Waals surface area contributed by atoms with Gasteiger partial charge in [-0.1, -0.05) is 19.4 Å². The highest BCUT2D eigenvalue weighted by Crippen LogP contribution is 2.22. The van der Waals surface area contributed by atoms with Crippen LogP contribution in [-0.2, 0) is 17.8 Å². The number of carbonyl (C=O) groups is 1. The average Bonchev–Trinajstić information content (AvgIpc) is 2.76. The van der Waals surface area contributed by atoms with Crippen molar-refractivity contribution in [2.75, 3.05) is 12.8 Å². The lowest BCUT2D eigenvalue weighted by Crippen LogP contribution is -2.24. The van der Waals surface area contributed by atoms with Crippen LogP contribution in [0.2, 0.25) is 0 Å². The standard InChI is InChI=1S/C14H20N4O/c1-3-4-8-12-17-14-10(15)6-5-7-11(14)18(12)9-13(19)16-2/h5-7H,3-4,8-9,15H2,1-2H3,(H,16,19). The SMILES string of the molecule is CCCCc1nc2c(N)cccc2n1CC(=O)NC. The molecule has 0 saturated carbocycles. The van der Waals surface area contributed by atoms with Crippen LogP contribution in [0.1, 0.15) is 25.6 Å². The summed E-state index contributed by atoms with van der Waals surface area (Å²) < 4.78 is 1.96. The number of amides is 1. The predicted molar refractivity (Wildman–Crippen MR) is 76.8 cm³/mol. The van der Waals surface area contributed by atoms with E-state index in [2.05, 4.69) is 17.2 Å². The first-order valence-electron chi connectivity index (χ1n) is 6.61. The van der Waals surface area contributed by atoms with E-state index in [1.54, 1.807) is 7.05 Å². The molecular weight excluding hydrogens is 240 g/mol. The summed E-state index contributed by atoms with van der Waals surface area (Å²) in [5, 5.41) is 2.65. The second-order valence-electron chi connectivity index (χ2n) is 4.61. The fourth-order valence-corrected chi connectivity index (χ4v) is 2.14. The molecule has 5 nitrogen and oxygen atoms in total. The van der Waals surface area contributed by atoms with Gasteiger partial charge in [0.05, 0.1) is 11.2 Å². The van der Waals surface area contributed by atoms with Gasteiger partial charge in [-0.05, 0) is 18.6 Å². The molecule has 5 heteroatoms. The number of para-hydroxylation sites is 1. The number of carbonyl (C=O) groups excluding carboxylic acids is 1. The summed E-state index contributed by atoms with van der Waals surface area (Å²) in [4.78, 5) is 16.2. The molecule has 0 aliphatic carbocycles. The van der Waals surface area contributed by atoms with Crippen molar-refractivity contribution < 1.29 is 4.79 Å². The summed E-state index contributed by atoms with van der Waals surface area (Å²) in [6.07, 6.45) is 3.01. The molecule has 0 spiro atoms. The third-order valence-electron chi connectivity index (χ3n) is 3.22. The number of nitrogens with two attached hydrogens (primary N) is 1. The van der Waals surface area contributed by atoms with Gasteiger partial charge in [-0.15, -0.1) is 0 Å². The van der Waals surface area contributed by atoms with E-state index in [4.69, 9.17) is 5.73 Å². The number of hydrogen-bond acceptors (Lipinski definition) is 3. The highest BCUT2D eigenvalue weighted by Gasteiger charge is 2.14. The third kappa shape index (κ3) is 2.70. The van der Waals surface area contributed by atoms with Crippen LogP contribution in [0.4, 0.5) is 5.69 Å². The minimum Gasteiger partial charge on any atom is -0.397 e. The molecule has 1 aromatic heterocycles. The van der Waals surface area contributed by atoms with Crippen molar-refractivity contribution >= 4 is 22.6 Å². The Morgan fingerprint density at radius 3 is 2.95 bits per heavy atom. The Bertz CT molecular complexity index is 588. The van der Waals surface area contributed by atoms with Crippen LogP contribution in [0.25, 0.3) is 11.0 Å². The van der Waals surface area contributed by atoms with E-state index in [0.29, 0.717) is 5.69 Å². The minimum atomic E-state index is -0.0283. The molecule has 3 N–H and O–H groups in total. The van der Waals surface area contributed by atoms with Crippen molar-refractivity contribution in [3.8, 4) is 0 Å². The number of nitrogens with zero attached hydrogens (tertiary/aromatic N) is 2. The molecule has 0 bridgehead atoms. The number of nitrogens with one attached hydrogen (secondary N) is 1. The third-order valence-corrected chi connectivity index (χ3v) is 3.22. The summed E-state index contributed by atoms with van der Waals surface area (Å²) >= 11 is 0. The quantitative estimate of drug-likeness (QED) is 0.804. The molecule has 0 atom stereocenters. The van der Waals surface area contributed by atoms with Gasteiger partial charge in [-0.25, -0.2) is 4.98 Å². The number of nitrogen functional groups attached to an aromatic ring is 1. The summed E-state index contributed by atoms with van der Waals surface area (Å²) in [5.41, 5.74) is 8.33. The largest absolute Gasteiger partial charge is 0.397 e. The summed E-state index contributed by atoms with van der Waals surface area (Å²) in [7, 11) is 1.64. The first kappa shape index (κ1) is 13.4. The van der Waals surface area contributed by atoms with Crippen LogP contribution >= 0.6 is 0 Å². The number of hydrogen-bond donors (Lipinski definition) is 2. The van der Waals surface area contributed by atoms with Crippen LogP contribution < -0.4 is 11.1 Å². The fraction of sp³-hybridized carbons (Fsp3) is 0.429. The second kappa shape index (κ2) is 5.73. The molecular formula is C14H20N4O. The van der Waals surface area contributed by atoms with Crippen molar-refractivity contribution in [3.05, 3.63) is 24.0 Å². The summed E-state index contributed by atoms with van der Waals surface area (Å²) in [6, 6.07) is 5.68. The van der Waals surface area contributed by atoms with E-state index in [0.717, 1.165) is 36.1 Å². The van der Waals surface area contributed by atoms with Crippen LogP contribution in [0.5, 0.6) is 0 Å². The van der Waals surface area contributed by atoms with Gasteiger partial charge >= 0.3 is 0 Å². The highest BCUT2D eigenvalue weighted by molar-refractivity contribution is 5.89. The fourth-order valence-electron chi connectivity index (χ4n) is 2.14. The Morgan fingerprint density at radius 1 is 1.47 bits per heavy atom. The molecule has 1 amide bonds. The highest BCUT2D eigenvalue weighted by atomic mass is 16.1. The zero-order chi connectivity index (χ0) is 13.8. The van der Waals surface area contributed by atoms with Crippen LogP contribution in [0.15, 0.2) is 18.2 Å². The Balaban J connectivity index is 2.48. The van der Waals surface area contributed by atoms with Crippen molar-refractivity contribution in [1.82, 2.24) is 14.9 Å². The number of imidazole rings is 1. The zero-order valence-corrected chi connectivity index (χ0v) is 11.4. The van der Waals surface area contributed by atoms with Crippen LogP contribution in [0, 0.1) is 0 Å². The Hall–Kier alpha value is -2.04. The van der Waals surface area contributed by atoms with Crippen molar-refractivity contribution in [1.29, 1.82) is 0 Å². The van der Waals surface area contributed by atoms with Gasteiger partial charge in [-0.3, -0.25) is 4.79 Å². The van der Waals surface area contributed by atoms with E-state index >= 15 is 0 Å². The Labute approximate surface area is 112 Å². The molecule has 0 aliphatic heterocycles. The average molecular weight is 260 g/mol. The molecule has 2 rings (SSSR count). The maximum atomic E-state index is 11.6. The van der Waals surface area contributed by atoms with Gasteiger partial charge in [0, 0.05) is 13.5 Å². The molecule has 2 aromatic rings. The van der Waals surface area contributed by atoms with Gasteiger partial charge < -0.3 is 15.6 Å². The first-order valence-corrected chi connectivity index (χ1v) is 6.61. The predicted octanol–water partition coefficient (Wildman–Crippen LogP) is 1.71. The number of benzene rings is 1.